The number of carbonyl (C=O) groups is 2. The van der Waals surface area contributed by atoms with E-state index in [1.54, 1.807) is 39.1 Å². The smallest absolute Gasteiger partial charge is 0.325 e. The topological polar surface area (TPSA) is 77.5 Å². The van der Waals surface area contributed by atoms with Gasteiger partial charge in [0.15, 0.2) is 0 Å². The molecular weight excluding hydrogens is 332 g/mol. The predicted molar refractivity (Wildman–Crippen MR) is 101 cm³/mol. The summed E-state index contributed by atoms with van der Waals surface area (Å²) in [6.45, 7) is 11.4. The minimum Gasteiger partial charge on any atom is -0.494 e. The summed E-state index contributed by atoms with van der Waals surface area (Å²) in [6, 6.07) is 7.05. The maximum absolute atomic E-state index is 12.5. The van der Waals surface area contributed by atoms with Crippen molar-refractivity contribution in [3.8, 4) is 0 Å². The third kappa shape index (κ3) is 5.05. The molecule has 0 unspecified atom stereocenters. The van der Waals surface area contributed by atoms with E-state index < -0.39 is 11.6 Å². The number of benzene rings is 1. The van der Waals surface area contributed by atoms with Crippen LogP contribution in [0.3, 0.4) is 0 Å². The first kappa shape index (κ1) is 19.4. The first-order valence-electron chi connectivity index (χ1n) is 8.42. The summed E-state index contributed by atoms with van der Waals surface area (Å²) in [6.07, 6.45) is 1.55. The van der Waals surface area contributed by atoms with Crippen LogP contribution in [0, 0.1) is 0 Å². The van der Waals surface area contributed by atoms with Crippen LogP contribution >= 0.6 is 0 Å². The molecule has 0 bridgehead atoms. The number of amides is 1. The Hall–Kier alpha value is -2.89. The number of ether oxygens (including phenoxy) is 2. The van der Waals surface area contributed by atoms with Gasteiger partial charge in [0, 0.05) is 17.1 Å². The summed E-state index contributed by atoms with van der Waals surface area (Å²) in [5.74, 6) is -0.296. The van der Waals surface area contributed by atoms with E-state index in [1.807, 2.05) is 19.1 Å². The second kappa shape index (κ2) is 7.99. The number of rotatable bonds is 6. The van der Waals surface area contributed by atoms with Gasteiger partial charge in [0.25, 0.3) is 5.91 Å². The van der Waals surface area contributed by atoms with Crippen LogP contribution in [0.5, 0.6) is 0 Å². The maximum Gasteiger partial charge on any atom is 0.325 e. The molecule has 0 radical (unpaired) electrons. The number of aromatic nitrogens is 1. The van der Waals surface area contributed by atoms with Crippen molar-refractivity contribution in [1.82, 2.24) is 10.3 Å². The fraction of sp³-hybridized carbons (Fsp3) is 0.350. The average Bonchev–Trinajstić information content (AvgIpc) is 2.57. The quantitative estimate of drug-likeness (QED) is 0.635. The van der Waals surface area contributed by atoms with Gasteiger partial charge in [-0.3, -0.25) is 14.6 Å². The lowest BCUT2D eigenvalue weighted by molar-refractivity contribution is -0.153. The lowest BCUT2D eigenvalue weighted by Gasteiger charge is -2.19. The van der Waals surface area contributed by atoms with Crippen LogP contribution in [0.4, 0.5) is 0 Å². The lowest BCUT2D eigenvalue weighted by Crippen LogP contribution is -2.34. The van der Waals surface area contributed by atoms with Gasteiger partial charge in [-0.2, -0.15) is 0 Å². The van der Waals surface area contributed by atoms with E-state index in [0.717, 1.165) is 5.56 Å². The number of pyridine rings is 1. The first-order chi connectivity index (χ1) is 12.2. The Morgan fingerprint density at radius 1 is 1.23 bits per heavy atom. The molecule has 0 atom stereocenters. The standard InChI is InChI=1S/C20H24N2O4/c1-6-25-13(2)14-7-8-15-16(9-10-21-17(15)11-14)19(24)22-12-18(23)26-20(3,4)5/h7-11H,2,6,12H2,1,3-5H3,(H,22,24). The summed E-state index contributed by atoms with van der Waals surface area (Å²) < 4.78 is 10.6. The van der Waals surface area contributed by atoms with Gasteiger partial charge in [0.05, 0.1) is 17.7 Å². The first-order valence-corrected chi connectivity index (χ1v) is 8.42. The molecule has 0 spiro atoms. The molecule has 26 heavy (non-hydrogen) atoms. The molecule has 1 heterocycles. The summed E-state index contributed by atoms with van der Waals surface area (Å²) in [4.78, 5) is 28.5. The van der Waals surface area contributed by atoms with E-state index in [1.165, 1.54) is 0 Å². The van der Waals surface area contributed by atoms with Crippen molar-refractivity contribution in [3.63, 3.8) is 0 Å². The zero-order chi connectivity index (χ0) is 19.3. The molecule has 0 fully saturated rings. The van der Waals surface area contributed by atoms with Gasteiger partial charge in [0.1, 0.15) is 17.9 Å². The Bertz CT molecular complexity index is 837. The van der Waals surface area contributed by atoms with E-state index in [0.29, 0.717) is 28.8 Å². The zero-order valence-corrected chi connectivity index (χ0v) is 15.6. The van der Waals surface area contributed by atoms with Crippen LogP contribution in [-0.2, 0) is 14.3 Å². The molecule has 1 aromatic carbocycles. The average molecular weight is 356 g/mol. The molecule has 0 aliphatic rings. The minimum absolute atomic E-state index is 0.195. The SMILES string of the molecule is C=C(OCC)c1ccc2c(C(=O)NCC(=O)OC(C)(C)C)ccnc2c1. The van der Waals surface area contributed by atoms with E-state index >= 15 is 0 Å². The molecular formula is C20H24N2O4. The highest BCUT2D eigenvalue weighted by atomic mass is 16.6. The lowest BCUT2D eigenvalue weighted by atomic mass is 10.1. The third-order valence-electron chi connectivity index (χ3n) is 3.44. The minimum atomic E-state index is -0.593. The molecule has 6 heteroatoms. The fourth-order valence-corrected chi connectivity index (χ4v) is 2.40. The van der Waals surface area contributed by atoms with Crippen molar-refractivity contribution in [3.05, 3.63) is 48.2 Å². The molecule has 1 N–H and O–H groups in total. The number of nitrogens with one attached hydrogen (secondary N) is 1. The van der Waals surface area contributed by atoms with Crippen LogP contribution in [0.1, 0.15) is 43.6 Å². The zero-order valence-electron chi connectivity index (χ0n) is 15.6. The van der Waals surface area contributed by atoms with E-state index in [9.17, 15) is 9.59 Å². The van der Waals surface area contributed by atoms with Crippen molar-refractivity contribution >= 4 is 28.5 Å². The molecule has 0 aliphatic heterocycles. The molecule has 0 saturated heterocycles. The Balaban J connectivity index is 2.17. The predicted octanol–water partition coefficient (Wildman–Crippen LogP) is 3.31. The van der Waals surface area contributed by atoms with Gasteiger partial charge < -0.3 is 14.8 Å². The number of esters is 1. The van der Waals surface area contributed by atoms with Gasteiger partial charge >= 0.3 is 5.97 Å². The van der Waals surface area contributed by atoms with E-state index in [4.69, 9.17) is 9.47 Å². The highest BCUT2D eigenvalue weighted by molar-refractivity contribution is 6.07. The van der Waals surface area contributed by atoms with Crippen molar-refractivity contribution in [2.45, 2.75) is 33.3 Å². The van der Waals surface area contributed by atoms with Crippen LogP contribution in [-0.4, -0.2) is 35.6 Å². The van der Waals surface area contributed by atoms with Crippen LogP contribution in [0.25, 0.3) is 16.7 Å². The van der Waals surface area contributed by atoms with Gasteiger partial charge in [-0.15, -0.1) is 0 Å². The maximum atomic E-state index is 12.5. The molecule has 6 nitrogen and oxygen atoms in total. The number of carbonyl (C=O) groups excluding carboxylic acids is 2. The third-order valence-corrected chi connectivity index (χ3v) is 3.44. The Labute approximate surface area is 153 Å². The highest BCUT2D eigenvalue weighted by Gasteiger charge is 2.18. The van der Waals surface area contributed by atoms with E-state index in [-0.39, 0.29) is 12.5 Å². The molecule has 1 aromatic heterocycles. The fourth-order valence-electron chi connectivity index (χ4n) is 2.40. The van der Waals surface area contributed by atoms with Crippen molar-refractivity contribution in [1.29, 1.82) is 0 Å². The summed E-state index contributed by atoms with van der Waals surface area (Å²) in [5, 5.41) is 3.27. The molecule has 2 aromatic rings. The van der Waals surface area contributed by atoms with Gasteiger partial charge in [0.2, 0.25) is 0 Å². The summed E-state index contributed by atoms with van der Waals surface area (Å²) in [7, 11) is 0. The molecule has 0 aliphatic carbocycles. The van der Waals surface area contributed by atoms with Gasteiger partial charge in [-0.25, -0.2) is 0 Å². The van der Waals surface area contributed by atoms with E-state index in [2.05, 4.69) is 16.9 Å². The summed E-state index contributed by atoms with van der Waals surface area (Å²) >= 11 is 0. The molecule has 1 amide bonds. The van der Waals surface area contributed by atoms with Crippen LogP contribution in [0.15, 0.2) is 37.0 Å². The number of hydrogen-bond donors (Lipinski definition) is 1. The highest BCUT2D eigenvalue weighted by Crippen LogP contribution is 2.22. The number of nitrogens with zero attached hydrogens (tertiary/aromatic N) is 1. The second-order valence-electron chi connectivity index (χ2n) is 6.72. The number of fused-ring (bicyclic) bond motifs is 1. The van der Waals surface area contributed by atoms with Crippen molar-refractivity contribution < 1.29 is 19.1 Å². The molecule has 138 valence electrons. The largest absolute Gasteiger partial charge is 0.494 e. The van der Waals surface area contributed by atoms with Crippen LogP contribution in [0.2, 0.25) is 0 Å². The summed E-state index contributed by atoms with van der Waals surface area (Å²) in [5.41, 5.74) is 1.29. The normalized spacial score (nSPS) is 11.1. The van der Waals surface area contributed by atoms with Gasteiger partial charge in [-0.1, -0.05) is 18.7 Å². The van der Waals surface area contributed by atoms with Gasteiger partial charge in [-0.05, 0) is 39.8 Å². The van der Waals surface area contributed by atoms with Crippen molar-refractivity contribution in [2.24, 2.45) is 0 Å². The number of hydrogen-bond acceptors (Lipinski definition) is 5. The molecule has 2 rings (SSSR count). The Kier molecular flexibility index (Phi) is 5.97. The Morgan fingerprint density at radius 2 is 1.96 bits per heavy atom. The van der Waals surface area contributed by atoms with Crippen LogP contribution < -0.4 is 5.32 Å². The van der Waals surface area contributed by atoms with Crippen molar-refractivity contribution in [2.75, 3.05) is 13.2 Å². The monoisotopic (exact) mass is 356 g/mol. The second-order valence-corrected chi connectivity index (χ2v) is 6.72. The molecule has 0 saturated carbocycles. The Morgan fingerprint density at radius 3 is 2.62 bits per heavy atom.